The molecule has 0 saturated heterocycles. The van der Waals surface area contributed by atoms with Gasteiger partial charge in [0.15, 0.2) is 0 Å². The van der Waals surface area contributed by atoms with E-state index in [4.69, 9.17) is 0 Å². The lowest BCUT2D eigenvalue weighted by Crippen LogP contribution is -1.96. The van der Waals surface area contributed by atoms with Gasteiger partial charge in [-0.25, -0.2) is 0 Å². The largest absolute Gasteiger partial charge is 0.309 e. The van der Waals surface area contributed by atoms with E-state index in [-0.39, 0.29) is 0 Å². The Morgan fingerprint density at radius 2 is 0.312 bits per heavy atom. The van der Waals surface area contributed by atoms with Crippen LogP contribution in [0.25, 0.3) is 287 Å². The van der Waals surface area contributed by atoms with Gasteiger partial charge in [0, 0.05) is 104 Å². The molecule has 0 aliphatic heterocycles. The van der Waals surface area contributed by atoms with E-state index in [1.165, 1.54) is 181 Å². The molecule has 0 spiro atoms. The van der Waals surface area contributed by atoms with Crippen LogP contribution in [0.2, 0.25) is 0 Å². The fraction of sp³-hybridized carbons (Fsp3) is 0. The molecule has 30 rings (SSSR count). The molecule has 0 amide bonds. The third-order valence-corrected chi connectivity index (χ3v) is 30.8. The standard InChI is InChI=1S/C138H86N6/c1-5-24-87(25-6-1)90-46-60-106(61-47-90)140-127-43-18-15-38-113(127)119-80-99(54-69-131(119)140)100-55-70-132-121(82-100)122-83-102(56-71-133(122)142(132)107-62-48-91(49-63-107)88-26-7-2-8-27-88)103-58-73-135-124(85-103)123-84-101(98-53-68-130-118(79-98)112-37-14-17-42-126(112)139(130)105-34-11-4-12-35-105)57-72-134(123)143(135)109-66-75-136-125(86-109)114-39-16-19-44-128(114)141(136)108-64-50-92(51-65-108)117-78-96(89-28-9-3-10-29-89)52-67-110(117)104-33-22-32-95(77-104)93-30-21-31-94(76-93)97-59-74-137-120(81-97)116-41-23-40-115-111-36-13-20-45-129(111)144(137)138(115)116/h1-86H. The Balaban J connectivity index is 0.539. The zero-order chi connectivity index (χ0) is 94.3. The van der Waals surface area contributed by atoms with Crippen molar-refractivity contribution in [2.75, 3.05) is 0 Å². The number of fused-ring (bicyclic) bond motifs is 21. The summed E-state index contributed by atoms with van der Waals surface area (Å²) < 4.78 is 14.7. The fourth-order valence-corrected chi connectivity index (χ4v) is 24.0. The lowest BCUT2D eigenvalue weighted by Gasteiger charge is -2.16. The third kappa shape index (κ3) is 12.8. The summed E-state index contributed by atoms with van der Waals surface area (Å²) in [4.78, 5) is 0. The van der Waals surface area contributed by atoms with Crippen molar-refractivity contribution in [3.8, 4) is 140 Å². The molecule has 0 saturated carbocycles. The molecule has 0 radical (unpaired) electrons. The predicted molar refractivity (Wildman–Crippen MR) is 607 cm³/mol. The Bertz CT molecular complexity index is 10500. The lowest BCUT2D eigenvalue weighted by molar-refractivity contribution is 1.17. The van der Waals surface area contributed by atoms with E-state index in [0.717, 1.165) is 106 Å². The smallest absolute Gasteiger partial charge is 0.0620 e. The molecule has 144 heavy (non-hydrogen) atoms. The van der Waals surface area contributed by atoms with Gasteiger partial charge in [-0.05, 0) is 305 Å². The van der Waals surface area contributed by atoms with Crippen molar-refractivity contribution in [2.24, 2.45) is 0 Å². The van der Waals surface area contributed by atoms with Gasteiger partial charge in [-0.3, -0.25) is 0 Å². The molecule has 0 fully saturated rings. The first kappa shape index (κ1) is 80.9. The van der Waals surface area contributed by atoms with Crippen molar-refractivity contribution in [3.63, 3.8) is 0 Å². The van der Waals surface area contributed by atoms with Crippen molar-refractivity contribution in [3.05, 3.63) is 522 Å². The number of nitrogens with zero attached hydrogens (tertiary/aromatic N) is 6. The van der Waals surface area contributed by atoms with E-state index >= 15 is 0 Å². The summed E-state index contributed by atoms with van der Waals surface area (Å²) in [5.74, 6) is 0. The van der Waals surface area contributed by atoms with Crippen LogP contribution in [0.15, 0.2) is 522 Å². The van der Waals surface area contributed by atoms with Gasteiger partial charge in [-0.1, -0.05) is 328 Å². The molecular formula is C138H86N6. The van der Waals surface area contributed by atoms with Crippen molar-refractivity contribution in [1.82, 2.24) is 27.2 Å². The van der Waals surface area contributed by atoms with Gasteiger partial charge >= 0.3 is 0 Å². The molecule has 23 aromatic carbocycles. The minimum atomic E-state index is 1.09. The first-order valence-electron chi connectivity index (χ1n) is 49.7. The summed E-state index contributed by atoms with van der Waals surface area (Å²) in [6.07, 6.45) is 0. The zero-order valence-electron chi connectivity index (χ0n) is 78.3. The second kappa shape index (κ2) is 32.2. The Labute approximate surface area is 829 Å². The van der Waals surface area contributed by atoms with Crippen molar-refractivity contribution >= 4 is 147 Å². The van der Waals surface area contributed by atoms with E-state index in [2.05, 4.69) is 549 Å². The van der Waals surface area contributed by atoms with Gasteiger partial charge < -0.3 is 27.2 Å². The molecular weight excluding hydrogens is 1740 g/mol. The minimum absolute atomic E-state index is 1.09. The molecule has 0 N–H and O–H groups in total. The average Bonchev–Trinajstić information content (AvgIpc) is 1.51. The second-order valence-corrected chi connectivity index (χ2v) is 38.6. The maximum atomic E-state index is 2.51. The number of aromatic nitrogens is 6. The predicted octanol–water partition coefficient (Wildman–Crippen LogP) is 37.0. The SMILES string of the molecule is c1ccc(-c2ccc(-n3c4ccccc4c4cc(-c5ccc6c(c5)c5cc(-c7ccc8c(c7)c7cc(-c9ccc%10c(c9)c9ccccc9n%10-c9ccccc9)ccc7n8-c7ccc8c(c7)c7ccccc7n8-c7ccc(-c8cc(-c9ccccc9)ccc8-c8cccc(-c9cccc(-c%10ccc%11c(c%10)c%10cccc%12c%13ccccc%13n%11c%12%10)c9)c8)cc7)ccc5n6-c5ccc(-c6ccccc6)cc5)ccc43)cc2)cc1. The molecule has 0 aliphatic carbocycles. The topological polar surface area (TPSA) is 29.1 Å². The fourth-order valence-electron chi connectivity index (χ4n) is 24.0. The van der Waals surface area contributed by atoms with Crippen molar-refractivity contribution < 1.29 is 0 Å². The molecule has 668 valence electrons. The van der Waals surface area contributed by atoms with E-state index in [1.54, 1.807) is 0 Å². The second-order valence-electron chi connectivity index (χ2n) is 38.6. The Kier molecular flexibility index (Phi) is 18.1. The van der Waals surface area contributed by atoms with Gasteiger partial charge in [0.25, 0.3) is 0 Å². The first-order valence-corrected chi connectivity index (χ1v) is 49.7. The Hall–Kier alpha value is -19.1. The summed E-state index contributed by atoms with van der Waals surface area (Å²) in [6.45, 7) is 0. The van der Waals surface area contributed by atoms with Gasteiger partial charge in [-0.15, -0.1) is 0 Å². The number of hydrogen-bond donors (Lipinski definition) is 0. The van der Waals surface area contributed by atoms with Crippen LogP contribution in [0.5, 0.6) is 0 Å². The third-order valence-electron chi connectivity index (χ3n) is 30.8. The molecule has 0 bridgehead atoms. The van der Waals surface area contributed by atoms with Gasteiger partial charge in [0.05, 0.1) is 71.7 Å². The van der Waals surface area contributed by atoms with Crippen LogP contribution in [0.4, 0.5) is 0 Å². The number of para-hydroxylation sites is 6. The van der Waals surface area contributed by atoms with Crippen LogP contribution in [0.1, 0.15) is 0 Å². The summed E-state index contributed by atoms with van der Waals surface area (Å²) >= 11 is 0. The highest BCUT2D eigenvalue weighted by Crippen LogP contribution is 2.49. The van der Waals surface area contributed by atoms with Crippen LogP contribution >= 0.6 is 0 Å². The highest BCUT2D eigenvalue weighted by molar-refractivity contribution is 6.24. The number of hydrogen-bond acceptors (Lipinski definition) is 0. The molecule has 0 aliphatic rings. The quantitative estimate of drug-likeness (QED) is 0.0979. The minimum Gasteiger partial charge on any atom is -0.309 e. The number of rotatable bonds is 15. The monoisotopic (exact) mass is 1830 g/mol. The van der Waals surface area contributed by atoms with Crippen LogP contribution in [-0.2, 0) is 0 Å². The summed E-state index contributed by atoms with van der Waals surface area (Å²) in [5.41, 5.74) is 44.2. The van der Waals surface area contributed by atoms with Crippen molar-refractivity contribution in [1.29, 1.82) is 0 Å². The van der Waals surface area contributed by atoms with Crippen LogP contribution in [0, 0.1) is 0 Å². The van der Waals surface area contributed by atoms with Crippen LogP contribution in [-0.4, -0.2) is 27.2 Å². The summed E-state index contributed by atoms with van der Waals surface area (Å²) in [7, 11) is 0. The van der Waals surface area contributed by atoms with Crippen molar-refractivity contribution in [2.45, 2.75) is 0 Å². The molecule has 7 heterocycles. The van der Waals surface area contributed by atoms with Crippen LogP contribution < -0.4 is 0 Å². The van der Waals surface area contributed by atoms with Gasteiger partial charge in [-0.2, -0.15) is 0 Å². The van der Waals surface area contributed by atoms with Gasteiger partial charge in [0.2, 0.25) is 0 Å². The van der Waals surface area contributed by atoms with Crippen LogP contribution in [0.3, 0.4) is 0 Å². The lowest BCUT2D eigenvalue weighted by atomic mass is 9.89. The summed E-state index contributed by atoms with van der Waals surface area (Å²) in [6, 6.07) is 195. The zero-order valence-corrected chi connectivity index (χ0v) is 78.3. The highest BCUT2D eigenvalue weighted by Gasteiger charge is 2.26. The molecule has 7 aromatic heterocycles. The Morgan fingerprint density at radius 3 is 0.722 bits per heavy atom. The van der Waals surface area contributed by atoms with E-state index < -0.39 is 0 Å². The molecule has 6 heteroatoms. The average molecular weight is 1830 g/mol. The molecule has 0 unspecified atom stereocenters. The van der Waals surface area contributed by atoms with E-state index in [1.807, 2.05) is 0 Å². The highest BCUT2D eigenvalue weighted by atomic mass is 15.0. The summed E-state index contributed by atoms with van der Waals surface area (Å²) in [5, 5.41) is 17.1. The maximum Gasteiger partial charge on any atom is 0.0620 e. The Morgan fingerprint density at radius 1 is 0.0972 bits per heavy atom. The van der Waals surface area contributed by atoms with Gasteiger partial charge in [0.1, 0.15) is 0 Å². The maximum absolute atomic E-state index is 2.51. The molecule has 30 aromatic rings. The first-order chi connectivity index (χ1) is 71.4. The van der Waals surface area contributed by atoms with E-state index in [9.17, 15) is 0 Å². The number of benzene rings is 23. The van der Waals surface area contributed by atoms with E-state index in [0.29, 0.717) is 0 Å². The normalized spacial score (nSPS) is 12.0. The molecule has 0 atom stereocenters. The molecule has 6 nitrogen and oxygen atoms in total.